The highest BCUT2D eigenvalue weighted by Gasteiger charge is 2.11. The number of methoxy groups -OCH3 is 1. The minimum absolute atomic E-state index is 0.124. The molecule has 0 aliphatic rings. The van der Waals surface area contributed by atoms with Crippen molar-refractivity contribution in [1.29, 1.82) is 5.26 Å². The van der Waals surface area contributed by atoms with Gasteiger partial charge in [0.05, 0.1) is 25.7 Å². The standard InChI is InChI=1S/C17H17NO2/c1-20-17-8-7-14(13-5-3-2-4-6-13)11-15(17)12-16(19)9-10-18/h2-8,11,16,19H,9,12H2,1H3/t16-/m1/s1. The number of benzene rings is 2. The zero-order chi connectivity index (χ0) is 14.4. The molecule has 2 aromatic carbocycles. The van der Waals surface area contributed by atoms with Crippen molar-refractivity contribution in [3.05, 3.63) is 54.1 Å². The second-order valence-corrected chi connectivity index (χ2v) is 4.61. The smallest absolute Gasteiger partial charge is 0.122 e. The Morgan fingerprint density at radius 2 is 1.90 bits per heavy atom. The molecule has 0 bridgehead atoms. The van der Waals surface area contributed by atoms with Gasteiger partial charge in [-0.05, 0) is 28.8 Å². The first-order valence-electron chi connectivity index (χ1n) is 6.52. The predicted octanol–water partition coefficient (Wildman–Crippen LogP) is 3.18. The summed E-state index contributed by atoms with van der Waals surface area (Å²) >= 11 is 0. The number of hydrogen-bond acceptors (Lipinski definition) is 3. The minimum Gasteiger partial charge on any atom is -0.496 e. The molecule has 0 unspecified atom stereocenters. The van der Waals surface area contributed by atoms with Crippen LogP contribution in [-0.4, -0.2) is 18.3 Å². The molecule has 0 heterocycles. The highest BCUT2D eigenvalue weighted by atomic mass is 16.5. The number of aliphatic hydroxyl groups is 1. The number of rotatable bonds is 5. The van der Waals surface area contributed by atoms with E-state index in [0.717, 1.165) is 22.4 Å². The Labute approximate surface area is 119 Å². The van der Waals surface area contributed by atoms with Crippen molar-refractivity contribution in [3.63, 3.8) is 0 Å². The quantitative estimate of drug-likeness (QED) is 0.905. The predicted molar refractivity (Wildman–Crippen MR) is 78.4 cm³/mol. The van der Waals surface area contributed by atoms with E-state index >= 15 is 0 Å². The number of nitriles is 1. The Morgan fingerprint density at radius 3 is 2.55 bits per heavy atom. The topological polar surface area (TPSA) is 53.2 Å². The lowest BCUT2D eigenvalue weighted by atomic mass is 9.98. The molecule has 0 aliphatic heterocycles. The van der Waals surface area contributed by atoms with Gasteiger partial charge in [0.15, 0.2) is 0 Å². The van der Waals surface area contributed by atoms with E-state index in [2.05, 4.69) is 0 Å². The van der Waals surface area contributed by atoms with Gasteiger partial charge < -0.3 is 9.84 Å². The Morgan fingerprint density at radius 1 is 1.15 bits per heavy atom. The lowest BCUT2D eigenvalue weighted by molar-refractivity contribution is 0.179. The molecule has 0 aliphatic carbocycles. The summed E-state index contributed by atoms with van der Waals surface area (Å²) in [6, 6.07) is 17.9. The van der Waals surface area contributed by atoms with Gasteiger partial charge in [0, 0.05) is 6.42 Å². The summed E-state index contributed by atoms with van der Waals surface area (Å²) in [6.45, 7) is 0. The van der Waals surface area contributed by atoms with E-state index in [1.165, 1.54) is 0 Å². The van der Waals surface area contributed by atoms with Gasteiger partial charge in [-0.2, -0.15) is 5.26 Å². The Bertz CT molecular complexity index is 602. The summed E-state index contributed by atoms with van der Waals surface area (Å²) in [5, 5.41) is 18.4. The van der Waals surface area contributed by atoms with Crippen molar-refractivity contribution in [3.8, 4) is 22.9 Å². The summed E-state index contributed by atoms with van der Waals surface area (Å²) in [7, 11) is 1.61. The van der Waals surface area contributed by atoms with Crippen molar-refractivity contribution in [1.82, 2.24) is 0 Å². The Kier molecular flexibility index (Phi) is 4.75. The average molecular weight is 267 g/mol. The number of hydrogen-bond donors (Lipinski definition) is 1. The fraction of sp³-hybridized carbons (Fsp3) is 0.235. The second-order valence-electron chi connectivity index (χ2n) is 4.61. The molecule has 2 aromatic rings. The normalized spacial score (nSPS) is 11.7. The first kappa shape index (κ1) is 14.1. The number of aliphatic hydroxyl groups excluding tert-OH is 1. The molecule has 1 atom stereocenters. The highest BCUT2D eigenvalue weighted by molar-refractivity contribution is 5.65. The van der Waals surface area contributed by atoms with Crippen molar-refractivity contribution in [2.75, 3.05) is 7.11 Å². The van der Waals surface area contributed by atoms with Gasteiger partial charge in [-0.3, -0.25) is 0 Å². The molecule has 0 radical (unpaired) electrons. The van der Waals surface area contributed by atoms with E-state index in [1.54, 1.807) is 7.11 Å². The molecule has 0 fully saturated rings. The molecule has 3 nitrogen and oxygen atoms in total. The largest absolute Gasteiger partial charge is 0.496 e. The SMILES string of the molecule is COc1ccc(-c2ccccc2)cc1C[C@H](O)CC#N. The zero-order valence-corrected chi connectivity index (χ0v) is 11.4. The van der Waals surface area contributed by atoms with Crippen LogP contribution in [-0.2, 0) is 6.42 Å². The van der Waals surface area contributed by atoms with Gasteiger partial charge in [-0.1, -0.05) is 36.4 Å². The van der Waals surface area contributed by atoms with Crippen LogP contribution in [0.25, 0.3) is 11.1 Å². The lowest BCUT2D eigenvalue weighted by Crippen LogP contribution is -2.10. The molecule has 2 rings (SSSR count). The van der Waals surface area contributed by atoms with Crippen LogP contribution in [0.1, 0.15) is 12.0 Å². The van der Waals surface area contributed by atoms with Crippen molar-refractivity contribution >= 4 is 0 Å². The summed E-state index contributed by atoms with van der Waals surface area (Å²) in [6.07, 6.45) is -0.129. The molecule has 0 spiro atoms. The average Bonchev–Trinajstić information content (AvgIpc) is 2.48. The van der Waals surface area contributed by atoms with Crippen molar-refractivity contribution < 1.29 is 9.84 Å². The third-order valence-electron chi connectivity index (χ3n) is 3.17. The summed E-state index contributed by atoms with van der Waals surface area (Å²) < 4.78 is 5.32. The molecule has 0 aromatic heterocycles. The molecule has 0 amide bonds. The van der Waals surface area contributed by atoms with E-state index in [0.29, 0.717) is 6.42 Å². The maximum atomic E-state index is 9.81. The second kappa shape index (κ2) is 6.74. The van der Waals surface area contributed by atoms with Crippen LogP contribution in [0.5, 0.6) is 5.75 Å². The van der Waals surface area contributed by atoms with Crippen LogP contribution in [0.4, 0.5) is 0 Å². The molecule has 3 heteroatoms. The van der Waals surface area contributed by atoms with Crippen LogP contribution in [0.15, 0.2) is 48.5 Å². The van der Waals surface area contributed by atoms with Gasteiger partial charge in [0.1, 0.15) is 5.75 Å². The van der Waals surface area contributed by atoms with E-state index in [-0.39, 0.29) is 6.42 Å². The highest BCUT2D eigenvalue weighted by Crippen LogP contribution is 2.27. The van der Waals surface area contributed by atoms with Crippen LogP contribution < -0.4 is 4.74 Å². The molecule has 1 N–H and O–H groups in total. The van der Waals surface area contributed by atoms with Gasteiger partial charge in [-0.15, -0.1) is 0 Å². The lowest BCUT2D eigenvalue weighted by Gasteiger charge is -2.13. The van der Waals surface area contributed by atoms with Crippen molar-refractivity contribution in [2.45, 2.75) is 18.9 Å². The zero-order valence-electron chi connectivity index (χ0n) is 11.4. The monoisotopic (exact) mass is 267 g/mol. The molecule has 0 saturated heterocycles. The third-order valence-corrected chi connectivity index (χ3v) is 3.17. The van der Waals surface area contributed by atoms with E-state index in [4.69, 9.17) is 10.00 Å². The van der Waals surface area contributed by atoms with Crippen LogP contribution in [0.2, 0.25) is 0 Å². The van der Waals surface area contributed by atoms with Crippen LogP contribution in [0, 0.1) is 11.3 Å². The summed E-state index contributed by atoms with van der Waals surface area (Å²) in [4.78, 5) is 0. The first-order chi connectivity index (χ1) is 9.74. The van der Waals surface area contributed by atoms with Crippen LogP contribution in [0.3, 0.4) is 0 Å². The minimum atomic E-state index is -0.667. The Balaban J connectivity index is 2.32. The fourth-order valence-electron chi connectivity index (χ4n) is 2.18. The summed E-state index contributed by atoms with van der Waals surface area (Å²) in [5.74, 6) is 0.738. The Hall–Kier alpha value is -2.31. The van der Waals surface area contributed by atoms with Gasteiger partial charge in [0.2, 0.25) is 0 Å². The molecule has 102 valence electrons. The maximum Gasteiger partial charge on any atom is 0.122 e. The molecular weight excluding hydrogens is 250 g/mol. The summed E-state index contributed by atoms with van der Waals surface area (Å²) in [5.41, 5.74) is 3.10. The molecular formula is C17H17NO2. The molecule has 20 heavy (non-hydrogen) atoms. The van der Waals surface area contributed by atoms with Gasteiger partial charge in [0.25, 0.3) is 0 Å². The molecule has 0 saturated carbocycles. The van der Waals surface area contributed by atoms with E-state index < -0.39 is 6.10 Å². The van der Waals surface area contributed by atoms with Gasteiger partial charge in [-0.25, -0.2) is 0 Å². The number of nitrogens with zero attached hydrogens (tertiary/aromatic N) is 1. The van der Waals surface area contributed by atoms with Crippen LogP contribution >= 0.6 is 0 Å². The fourth-order valence-corrected chi connectivity index (χ4v) is 2.18. The van der Waals surface area contributed by atoms with Crippen molar-refractivity contribution in [2.24, 2.45) is 0 Å². The van der Waals surface area contributed by atoms with Gasteiger partial charge >= 0.3 is 0 Å². The first-order valence-corrected chi connectivity index (χ1v) is 6.52. The van der Waals surface area contributed by atoms with E-state index in [9.17, 15) is 5.11 Å². The van der Waals surface area contributed by atoms with E-state index in [1.807, 2.05) is 54.6 Å². The number of ether oxygens (including phenoxy) is 1. The third kappa shape index (κ3) is 3.37. The maximum absolute atomic E-state index is 9.81.